The number of anilines is 1. The fourth-order valence-corrected chi connectivity index (χ4v) is 2.80. The van der Waals surface area contributed by atoms with Gasteiger partial charge in [0.05, 0.1) is 18.3 Å². The minimum Gasteiger partial charge on any atom is -0.378 e. The normalized spacial score (nSPS) is 10.6. The van der Waals surface area contributed by atoms with Crippen molar-refractivity contribution < 1.29 is 4.79 Å². The zero-order valence-corrected chi connectivity index (χ0v) is 15.5. The molecule has 0 aliphatic rings. The number of hydrogen-bond acceptors (Lipinski definition) is 3. The highest BCUT2D eigenvalue weighted by Gasteiger charge is 2.14. The topological polar surface area (TPSA) is 41.4 Å². The Bertz CT molecular complexity index is 853. The van der Waals surface area contributed by atoms with Gasteiger partial charge in [-0.05, 0) is 23.3 Å². The molecule has 0 spiro atoms. The third-order valence-electron chi connectivity index (χ3n) is 4.29. The second-order valence-corrected chi connectivity index (χ2v) is 6.63. The molecule has 0 aliphatic heterocycles. The predicted octanol–water partition coefficient (Wildman–Crippen LogP) is 3.27. The van der Waals surface area contributed by atoms with E-state index in [9.17, 15) is 4.79 Å². The number of nitrogens with zero attached hydrogens (tertiary/aromatic N) is 4. The summed E-state index contributed by atoms with van der Waals surface area (Å²) < 4.78 is 1.79. The quantitative estimate of drug-likeness (QED) is 0.686. The van der Waals surface area contributed by atoms with Crippen molar-refractivity contribution in [3.05, 3.63) is 83.7 Å². The van der Waals surface area contributed by atoms with Gasteiger partial charge in [0.25, 0.3) is 5.91 Å². The second-order valence-electron chi connectivity index (χ2n) is 6.63. The third kappa shape index (κ3) is 4.30. The largest absolute Gasteiger partial charge is 0.378 e. The summed E-state index contributed by atoms with van der Waals surface area (Å²) in [6.45, 7) is 1.22. The molecule has 0 atom stereocenters. The molecule has 3 rings (SSSR count). The molecule has 0 N–H and O–H groups in total. The maximum absolute atomic E-state index is 12.7. The Morgan fingerprint density at radius 1 is 0.962 bits per heavy atom. The van der Waals surface area contributed by atoms with Crippen molar-refractivity contribution >= 4 is 11.6 Å². The van der Waals surface area contributed by atoms with E-state index < -0.39 is 0 Å². The van der Waals surface area contributed by atoms with Gasteiger partial charge in [-0.15, -0.1) is 0 Å². The van der Waals surface area contributed by atoms with Gasteiger partial charge in [0.1, 0.15) is 0 Å². The van der Waals surface area contributed by atoms with Crippen molar-refractivity contribution in [3.8, 4) is 0 Å². The van der Waals surface area contributed by atoms with Gasteiger partial charge in [0.15, 0.2) is 0 Å². The number of carbonyl (C=O) groups is 1. The van der Waals surface area contributed by atoms with Crippen molar-refractivity contribution in [2.75, 3.05) is 26.0 Å². The number of benzene rings is 2. The number of hydrogen-bond donors (Lipinski definition) is 0. The lowest BCUT2D eigenvalue weighted by Crippen LogP contribution is -2.25. The van der Waals surface area contributed by atoms with Crippen LogP contribution in [-0.2, 0) is 13.1 Å². The Kier molecular flexibility index (Phi) is 5.37. The summed E-state index contributed by atoms with van der Waals surface area (Å²) in [6.07, 6.45) is 3.44. The molecule has 5 heteroatoms. The van der Waals surface area contributed by atoms with E-state index in [0.29, 0.717) is 18.7 Å². The first-order chi connectivity index (χ1) is 12.5. The van der Waals surface area contributed by atoms with Crippen molar-refractivity contribution in [3.63, 3.8) is 0 Å². The van der Waals surface area contributed by atoms with Crippen LogP contribution in [0.5, 0.6) is 0 Å². The maximum Gasteiger partial charge on any atom is 0.257 e. The zero-order valence-electron chi connectivity index (χ0n) is 15.5. The lowest BCUT2D eigenvalue weighted by Gasteiger charge is -2.17. The Labute approximate surface area is 154 Å². The average molecular weight is 348 g/mol. The molecule has 1 amide bonds. The summed E-state index contributed by atoms with van der Waals surface area (Å²) in [4.78, 5) is 16.4. The van der Waals surface area contributed by atoms with Gasteiger partial charge in [0, 0.05) is 39.6 Å². The number of amides is 1. The number of rotatable bonds is 6. The van der Waals surface area contributed by atoms with Gasteiger partial charge in [-0.1, -0.05) is 42.5 Å². The van der Waals surface area contributed by atoms with Crippen molar-refractivity contribution in [1.82, 2.24) is 14.7 Å². The highest BCUT2D eigenvalue weighted by atomic mass is 16.2. The molecule has 5 nitrogen and oxygen atoms in total. The first kappa shape index (κ1) is 17.7. The predicted molar refractivity (Wildman–Crippen MR) is 104 cm³/mol. The summed E-state index contributed by atoms with van der Waals surface area (Å²) in [5.41, 5.74) is 4.00. The summed E-state index contributed by atoms with van der Waals surface area (Å²) in [6, 6.07) is 18.3. The number of carbonyl (C=O) groups excluding carboxylic acids is 1. The fraction of sp³-hybridized carbons (Fsp3) is 0.238. The van der Waals surface area contributed by atoms with Crippen LogP contribution in [0.3, 0.4) is 0 Å². The summed E-state index contributed by atoms with van der Waals surface area (Å²) in [5, 5.41) is 4.32. The van der Waals surface area contributed by atoms with Crippen LogP contribution in [0.25, 0.3) is 0 Å². The molecule has 0 saturated heterocycles. The Balaban J connectivity index is 1.63. The van der Waals surface area contributed by atoms with Gasteiger partial charge in [-0.25, -0.2) is 0 Å². The molecule has 3 aromatic rings. The third-order valence-corrected chi connectivity index (χ3v) is 4.29. The van der Waals surface area contributed by atoms with Crippen LogP contribution in [-0.4, -0.2) is 41.7 Å². The Morgan fingerprint density at radius 3 is 2.31 bits per heavy atom. The van der Waals surface area contributed by atoms with E-state index in [4.69, 9.17) is 0 Å². The van der Waals surface area contributed by atoms with E-state index >= 15 is 0 Å². The lowest BCUT2D eigenvalue weighted by atomic mass is 10.2. The maximum atomic E-state index is 12.7. The second kappa shape index (κ2) is 7.87. The SMILES string of the molecule is CN(Cc1ccc(N(C)C)cc1)C(=O)c1cnn(Cc2ccccc2)c1. The van der Waals surface area contributed by atoms with Crippen LogP contribution in [0, 0.1) is 0 Å². The molecule has 2 aromatic carbocycles. The van der Waals surface area contributed by atoms with Crippen LogP contribution < -0.4 is 4.90 Å². The van der Waals surface area contributed by atoms with Gasteiger partial charge in [-0.2, -0.15) is 5.10 Å². The molecule has 0 fully saturated rings. The van der Waals surface area contributed by atoms with Crippen LogP contribution in [0.4, 0.5) is 5.69 Å². The van der Waals surface area contributed by atoms with Crippen LogP contribution in [0.2, 0.25) is 0 Å². The smallest absolute Gasteiger partial charge is 0.257 e. The molecule has 26 heavy (non-hydrogen) atoms. The minimum absolute atomic E-state index is 0.0269. The Hall–Kier alpha value is -3.08. The molecule has 0 bridgehead atoms. The van der Waals surface area contributed by atoms with Crippen LogP contribution >= 0.6 is 0 Å². The first-order valence-corrected chi connectivity index (χ1v) is 8.61. The van der Waals surface area contributed by atoms with Gasteiger partial charge in [-0.3, -0.25) is 9.48 Å². The molecule has 0 radical (unpaired) electrons. The van der Waals surface area contributed by atoms with Crippen molar-refractivity contribution in [2.24, 2.45) is 0 Å². The van der Waals surface area contributed by atoms with E-state index in [-0.39, 0.29) is 5.91 Å². The molecule has 0 aliphatic carbocycles. The van der Waals surface area contributed by atoms with Gasteiger partial charge < -0.3 is 9.80 Å². The molecule has 1 aromatic heterocycles. The molecule has 134 valence electrons. The minimum atomic E-state index is -0.0269. The van der Waals surface area contributed by atoms with E-state index in [2.05, 4.69) is 34.3 Å². The fourth-order valence-electron chi connectivity index (χ4n) is 2.80. The molecule has 0 saturated carbocycles. The number of aromatic nitrogens is 2. The van der Waals surface area contributed by atoms with E-state index in [1.54, 1.807) is 22.0 Å². The monoisotopic (exact) mass is 348 g/mol. The highest BCUT2D eigenvalue weighted by Crippen LogP contribution is 2.14. The first-order valence-electron chi connectivity index (χ1n) is 8.61. The van der Waals surface area contributed by atoms with Gasteiger partial charge in [0.2, 0.25) is 0 Å². The van der Waals surface area contributed by atoms with E-state index in [0.717, 1.165) is 16.8 Å². The van der Waals surface area contributed by atoms with Crippen LogP contribution in [0.15, 0.2) is 67.0 Å². The highest BCUT2D eigenvalue weighted by molar-refractivity contribution is 5.93. The standard InChI is InChI=1S/C21H24N4O/c1-23(2)20-11-9-18(10-12-20)14-24(3)21(26)19-13-22-25(16-19)15-17-7-5-4-6-8-17/h4-13,16H,14-15H2,1-3H3. The van der Waals surface area contributed by atoms with E-state index in [1.807, 2.05) is 51.5 Å². The van der Waals surface area contributed by atoms with Crippen molar-refractivity contribution in [1.29, 1.82) is 0 Å². The van der Waals surface area contributed by atoms with Crippen molar-refractivity contribution in [2.45, 2.75) is 13.1 Å². The van der Waals surface area contributed by atoms with Gasteiger partial charge >= 0.3 is 0 Å². The van der Waals surface area contributed by atoms with Crippen LogP contribution in [0.1, 0.15) is 21.5 Å². The molecular weight excluding hydrogens is 324 g/mol. The average Bonchev–Trinajstić information content (AvgIpc) is 3.10. The Morgan fingerprint density at radius 2 is 1.65 bits per heavy atom. The lowest BCUT2D eigenvalue weighted by molar-refractivity contribution is 0.0785. The molecular formula is C21H24N4O. The summed E-state index contributed by atoms with van der Waals surface area (Å²) in [7, 11) is 5.84. The summed E-state index contributed by atoms with van der Waals surface area (Å²) >= 11 is 0. The molecule has 0 unspecified atom stereocenters. The summed E-state index contributed by atoms with van der Waals surface area (Å²) in [5.74, 6) is -0.0269. The zero-order chi connectivity index (χ0) is 18.5. The molecule has 1 heterocycles. The van der Waals surface area contributed by atoms with E-state index in [1.165, 1.54) is 0 Å².